The van der Waals surface area contributed by atoms with Crippen molar-refractivity contribution in [2.45, 2.75) is 19.9 Å². The lowest BCUT2D eigenvalue weighted by atomic mass is 10.2. The number of aromatic nitrogens is 2. The highest BCUT2D eigenvalue weighted by molar-refractivity contribution is 6.34. The SMILES string of the molecule is C=CCN(CC=C)C(=O)C(C)NC(=O)c1nn(C)c(C)c1Cl. The summed E-state index contributed by atoms with van der Waals surface area (Å²) in [5.41, 5.74) is 0.797. The quantitative estimate of drug-likeness (QED) is 0.776. The summed E-state index contributed by atoms with van der Waals surface area (Å²) in [6.07, 6.45) is 3.24. The van der Waals surface area contributed by atoms with Gasteiger partial charge in [0.15, 0.2) is 5.69 Å². The number of aryl methyl sites for hydroxylation is 1. The molecule has 1 aromatic rings. The zero-order valence-electron chi connectivity index (χ0n) is 13.1. The first-order valence-electron chi connectivity index (χ1n) is 6.84. The van der Waals surface area contributed by atoms with E-state index in [9.17, 15) is 9.59 Å². The van der Waals surface area contributed by atoms with E-state index in [1.807, 2.05) is 0 Å². The Kier molecular flexibility index (Phi) is 6.37. The molecule has 0 radical (unpaired) electrons. The molecular formula is C15H21ClN4O2. The fraction of sp³-hybridized carbons (Fsp3) is 0.400. The molecule has 0 aromatic carbocycles. The van der Waals surface area contributed by atoms with Crippen LogP contribution in [0.5, 0.6) is 0 Å². The minimum Gasteiger partial charge on any atom is -0.339 e. The lowest BCUT2D eigenvalue weighted by Gasteiger charge is -2.23. The normalized spacial score (nSPS) is 11.6. The van der Waals surface area contributed by atoms with E-state index in [1.54, 1.807) is 33.0 Å². The maximum absolute atomic E-state index is 12.3. The van der Waals surface area contributed by atoms with E-state index in [-0.39, 0.29) is 16.6 Å². The maximum Gasteiger partial charge on any atom is 0.273 e. The molecule has 0 bridgehead atoms. The largest absolute Gasteiger partial charge is 0.339 e. The lowest BCUT2D eigenvalue weighted by Crippen LogP contribution is -2.47. The summed E-state index contributed by atoms with van der Waals surface area (Å²) in [7, 11) is 1.70. The Morgan fingerprint density at radius 3 is 2.36 bits per heavy atom. The Labute approximate surface area is 135 Å². The summed E-state index contributed by atoms with van der Waals surface area (Å²) in [5.74, 6) is -0.705. The number of nitrogens with zero attached hydrogens (tertiary/aromatic N) is 3. The molecular weight excluding hydrogens is 304 g/mol. The highest BCUT2D eigenvalue weighted by Gasteiger charge is 2.24. The van der Waals surface area contributed by atoms with Gasteiger partial charge in [0, 0.05) is 20.1 Å². The third-order valence-corrected chi connectivity index (χ3v) is 3.66. The van der Waals surface area contributed by atoms with Crippen molar-refractivity contribution in [2.24, 2.45) is 7.05 Å². The highest BCUT2D eigenvalue weighted by atomic mass is 35.5. The molecule has 0 spiro atoms. The molecule has 1 rings (SSSR count). The molecule has 0 fully saturated rings. The molecule has 1 unspecified atom stereocenters. The maximum atomic E-state index is 12.3. The second-order valence-corrected chi connectivity index (χ2v) is 5.27. The van der Waals surface area contributed by atoms with E-state index in [4.69, 9.17) is 11.6 Å². The summed E-state index contributed by atoms with van der Waals surface area (Å²) in [6.45, 7) is 11.4. The predicted molar refractivity (Wildman–Crippen MR) is 86.9 cm³/mol. The molecule has 2 amide bonds. The van der Waals surface area contributed by atoms with E-state index in [2.05, 4.69) is 23.6 Å². The Hall–Kier alpha value is -2.08. The van der Waals surface area contributed by atoms with Crippen molar-refractivity contribution in [3.05, 3.63) is 41.7 Å². The Bertz CT molecular complexity index is 585. The first-order chi connectivity index (χ1) is 10.3. The highest BCUT2D eigenvalue weighted by Crippen LogP contribution is 2.19. The van der Waals surface area contributed by atoms with Crippen LogP contribution < -0.4 is 5.32 Å². The summed E-state index contributed by atoms with van der Waals surface area (Å²) >= 11 is 6.07. The fourth-order valence-corrected chi connectivity index (χ4v) is 2.14. The predicted octanol–water partition coefficient (Wildman–Crippen LogP) is 1.70. The zero-order chi connectivity index (χ0) is 16.9. The van der Waals surface area contributed by atoms with Gasteiger partial charge in [-0.3, -0.25) is 14.3 Å². The van der Waals surface area contributed by atoms with Gasteiger partial charge in [0.25, 0.3) is 5.91 Å². The Morgan fingerprint density at radius 2 is 1.95 bits per heavy atom. The molecule has 22 heavy (non-hydrogen) atoms. The van der Waals surface area contributed by atoms with Crippen LogP contribution in [-0.2, 0) is 11.8 Å². The second-order valence-electron chi connectivity index (χ2n) is 4.89. The molecule has 6 nitrogen and oxygen atoms in total. The Morgan fingerprint density at radius 1 is 1.41 bits per heavy atom. The van der Waals surface area contributed by atoms with Crippen LogP contribution in [0.1, 0.15) is 23.1 Å². The van der Waals surface area contributed by atoms with Crippen LogP contribution >= 0.6 is 11.6 Å². The van der Waals surface area contributed by atoms with Crippen molar-refractivity contribution >= 4 is 23.4 Å². The van der Waals surface area contributed by atoms with Gasteiger partial charge in [0.05, 0.1) is 10.7 Å². The van der Waals surface area contributed by atoms with Crippen molar-refractivity contribution < 1.29 is 9.59 Å². The fourth-order valence-electron chi connectivity index (χ4n) is 1.89. The van der Waals surface area contributed by atoms with Gasteiger partial charge in [-0.05, 0) is 13.8 Å². The summed E-state index contributed by atoms with van der Waals surface area (Å²) in [6, 6.07) is -0.703. The van der Waals surface area contributed by atoms with Crippen molar-refractivity contribution in [3.8, 4) is 0 Å². The average molecular weight is 325 g/mol. The first-order valence-corrected chi connectivity index (χ1v) is 7.21. The minimum absolute atomic E-state index is 0.111. The van der Waals surface area contributed by atoms with Crippen molar-refractivity contribution in [1.29, 1.82) is 0 Å². The van der Waals surface area contributed by atoms with Gasteiger partial charge in [-0.1, -0.05) is 23.8 Å². The summed E-state index contributed by atoms with van der Waals surface area (Å²) < 4.78 is 1.52. The number of carbonyl (C=O) groups is 2. The average Bonchev–Trinajstić information content (AvgIpc) is 2.74. The number of carbonyl (C=O) groups excluding carboxylic acids is 2. The minimum atomic E-state index is -0.703. The van der Waals surface area contributed by atoms with Gasteiger partial charge in [-0.15, -0.1) is 13.2 Å². The standard InChI is InChI=1S/C15H21ClN4O2/c1-6-8-20(9-7-2)15(22)10(3)17-14(21)13-12(16)11(4)19(5)18-13/h6-7,10H,1-2,8-9H2,3-5H3,(H,17,21). The van der Waals surface area contributed by atoms with Gasteiger partial charge in [0.2, 0.25) is 5.91 Å². The first kappa shape index (κ1) is 18.0. The lowest BCUT2D eigenvalue weighted by molar-refractivity contribution is -0.131. The van der Waals surface area contributed by atoms with E-state index >= 15 is 0 Å². The van der Waals surface area contributed by atoms with Gasteiger partial charge in [-0.2, -0.15) is 5.10 Å². The molecule has 0 saturated heterocycles. The molecule has 0 aliphatic rings. The van der Waals surface area contributed by atoms with E-state index in [0.717, 1.165) is 0 Å². The van der Waals surface area contributed by atoms with Gasteiger partial charge < -0.3 is 10.2 Å². The van der Waals surface area contributed by atoms with Crippen LogP contribution in [0.15, 0.2) is 25.3 Å². The molecule has 1 N–H and O–H groups in total. The van der Waals surface area contributed by atoms with Crippen molar-refractivity contribution in [2.75, 3.05) is 13.1 Å². The molecule has 1 aromatic heterocycles. The zero-order valence-corrected chi connectivity index (χ0v) is 13.9. The number of nitrogens with one attached hydrogen (secondary N) is 1. The number of hydrogen-bond donors (Lipinski definition) is 1. The van der Waals surface area contributed by atoms with Crippen LogP contribution in [0.4, 0.5) is 0 Å². The van der Waals surface area contributed by atoms with E-state index in [1.165, 1.54) is 9.58 Å². The van der Waals surface area contributed by atoms with E-state index < -0.39 is 11.9 Å². The monoisotopic (exact) mass is 324 g/mol. The molecule has 1 heterocycles. The van der Waals surface area contributed by atoms with Crippen LogP contribution in [0, 0.1) is 6.92 Å². The van der Waals surface area contributed by atoms with Gasteiger partial charge in [0.1, 0.15) is 6.04 Å². The number of halogens is 1. The topological polar surface area (TPSA) is 67.2 Å². The molecule has 0 aliphatic carbocycles. The molecule has 120 valence electrons. The van der Waals surface area contributed by atoms with Crippen molar-refractivity contribution in [3.63, 3.8) is 0 Å². The van der Waals surface area contributed by atoms with Gasteiger partial charge >= 0.3 is 0 Å². The van der Waals surface area contributed by atoms with Crippen LogP contribution in [-0.4, -0.2) is 45.6 Å². The Balaban J connectivity index is 2.81. The summed E-state index contributed by atoms with van der Waals surface area (Å²) in [4.78, 5) is 26.0. The number of rotatable bonds is 7. The van der Waals surface area contributed by atoms with Crippen LogP contribution in [0.3, 0.4) is 0 Å². The third kappa shape index (κ3) is 3.98. The molecule has 0 saturated carbocycles. The van der Waals surface area contributed by atoms with Gasteiger partial charge in [-0.25, -0.2) is 0 Å². The summed E-state index contributed by atoms with van der Waals surface area (Å²) in [5, 5.41) is 6.96. The molecule has 0 aliphatic heterocycles. The second kappa shape index (κ2) is 7.79. The number of hydrogen-bond acceptors (Lipinski definition) is 3. The van der Waals surface area contributed by atoms with Crippen molar-refractivity contribution in [1.82, 2.24) is 20.0 Å². The number of amides is 2. The van der Waals surface area contributed by atoms with E-state index in [0.29, 0.717) is 18.8 Å². The van der Waals surface area contributed by atoms with Crippen LogP contribution in [0.25, 0.3) is 0 Å². The third-order valence-electron chi connectivity index (χ3n) is 3.20. The molecule has 7 heteroatoms. The smallest absolute Gasteiger partial charge is 0.273 e. The van der Waals surface area contributed by atoms with Crippen LogP contribution in [0.2, 0.25) is 5.02 Å². The molecule has 1 atom stereocenters.